The van der Waals surface area contributed by atoms with Gasteiger partial charge in [0.25, 0.3) is 5.91 Å². The van der Waals surface area contributed by atoms with Gasteiger partial charge in [0.05, 0.1) is 0 Å². The molecular formula is C28H36N2O2. The molecule has 3 fully saturated rings. The highest BCUT2D eigenvalue weighted by Gasteiger charge is 2.58. The van der Waals surface area contributed by atoms with Gasteiger partial charge < -0.3 is 10.4 Å². The number of carbonyl (C=O) groups is 1. The molecule has 4 atom stereocenters. The van der Waals surface area contributed by atoms with Crippen molar-refractivity contribution in [1.29, 1.82) is 0 Å². The van der Waals surface area contributed by atoms with Gasteiger partial charge in [-0.3, -0.25) is 9.69 Å². The van der Waals surface area contributed by atoms with Crippen LogP contribution in [0.2, 0.25) is 0 Å². The van der Waals surface area contributed by atoms with Crippen molar-refractivity contribution in [2.24, 2.45) is 17.8 Å². The van der Waals surface area contributed by atoms with Crippen LogP contribution in [0.5, 0.6) is 0 Å². The summed E-state index contributed by atoms with van der Waals surface area (Å²) in [6.07, 6.45) is 4.02. The molecule has 0 aromatic heterocycles. The molecule has 0 spiro atoms. The van der Waals surface area contributed by atoms with E-state index in [1.165, 1.54) is 22.3 Å². The summed E-state index contributed by atoms with van der Waals surface area (Å²) in [6.45, 7) is 9.61. The van der Waals surface area contributed by atoms with Gasteiger partial charge in [-0.25, -0.2) is 0 Å². The molecule has 3 unspecified atom stereocenters. The van der Waals surface area contributed by atoms with Gasteiger partial charge in [-0.15, -0.1) is 0 Å². The van der Waals surface area contributed by atoms with Crippen molar-refractivity contribution in [2.75, 3.05) is 13.1 Å². The van der Waals surface area contributed by atoms with Crippen LogP contribution < -0.4 is 5.32 Å². The van der Waals surface area contributed by atoms with Crippen LogP contribution in [0.25, 0.3) is 0 Å². The number of nitrogens with zero attached hydrogens (tertiary/aromatic N) is 1. The van der Waals surface area contributed by atoms with E-state index in [-0.39, 0.29) is 17.9 Å². The summed E-state index contributed by atoms with van der Waals surface area (Å²) in [5.74, 6) is 0.835. The number of nitrogens with one attached hydrogen (secondary N) is 1. The Bertz CT molecular complexity index is 963. The Kier molecular flexibility index (Phi) is 5.63. The van der Waals surface area contributed by atoms with Crippen molar-refractivity contribution in [2.45, 2.75) is 64.6 Å². The van der Waals surface area contributed by atoms with E-state index in [0.717, 1.165) is 50.9 Å². The molecule has 0 bridgehead atoms. The Hall–Kier alpha value is -2.17. The smallest absolute Gasteiger partial charge is 0.257 e. The fourth-order valence-electron chi connectivity index (χ4n) is 6.49. The number of rotatable bonds is 6. The first kappa shape index (κ1) is 21.7. The lowest BCUT2D eigenvalue weighted by molar-refractivity contribution is -0.147. The first-order valence-corrected chi connectivity index (χ1v) is 12.3. The number of likely N-dealkylation sites (tertiary alicyclic amines) is 1. The van der Waals surface area contributed by atoms with Gasteiger partial charge in [0, 0.05) is 31.6 Å². The first-order chi connectivity index (χ1) is 15.4. The number of aliphatic hydroxyl groups is 1. The van der Waals surface area contributed by atoms with Crippen molar-refractivity contribution >= 4 is 5.91 Å². The second kappa shape index (κ2) is 8.31. The zero-order chi connectivity index (χ0) is 22.5. The Morgan fingerprint density at radius 2 is 1.62 bits per heavy atom. The van der Waals surface area contributed by atoms with Gasteiger partial charge in [-0.05, 0) is 67.7 Å². The number of fused-ring (bicyclic) bond motifs is 1. The van der Waals surface area contributed by atoms with Gasteiger partial charge in [-0.1, -0.05) is 60.9 Å². The van der Waals surface area contributed by atoms with Crippen LogP contribution in [0.3, 0.4) is 0 Å². The molecule has 2 N–H and O–H groups in total. The van der Waals surface area contributed by atoms with Crippen LogP contribution in [-0.4, -0.2) is 35.0 Å². The van der Waals surface area contributed by atoms with Gasteiger partial charge in [-0.2, -0.15) is 0 Å². The summed E-state index contributed by atoms with van der Waals surface area (Å²) < 4.78 is 0. The third-order valence-corrected chi connectivity index (χ3v) is 8.30. The summed E-state index contributed by atoms with van der Waals surface area (Å²) in [5, 5.41) is 15.0. The maximum Gasteiger partial charge on any atom is 0.257 e. The number of hydrogen-bond acceptors (Lipinski definition) is 3. The largest absolute Gasteiger partial charge is 0.375 e. The van der Waals surface area contributed by atoms with Gasteiger partial charge in [0.15, 0.2) is 5.60 Å². The van der Waals surface area contributed by atoms with Crippen molar-refractivity contribution in [3.05, 3.63) is 70.3 Å². The van der Waals surface area contributed by atoms with Crippen molar-refractivity contribution in [1.82, 2.24) is 10.2 Å². The third kappa shape index (κ3) is 3.78. The fourth-order valence-corrected chi connectivity index (χ4v) is 6.49. The summed E-state index contributed by atoms with van der Waals surface area (Å²) in [5.41, 5.74) is 4.84. The predicted octanol–water partition coefficient (Wildman–Crippen LogP) is 4.24. The zero-order valence-corrected chi connectivity index (χ0v) is 19.6. The van der Waals surface area contributed by atoms with E-state index < -0.39 is 5.60 Å². The van der Waals surface area contributed by atoms with Crippen molar-refractivity contribution in [3.8, 4) is 0 Å². The Balaban J connectivity index is 1.24. The van der Waals surface area contributed by atoms with E-state index in [1.807, 2.05) is 30.3 Å². The summed E-state index contributed by atoms with van der Waals surface area (Å²) in [6, 6.07) is 14.3. The van der Waals surface area contributed by atoms with Crippen molar-refractivity contribution in [3.63, 3.8) is 0 Å². The van der Waals surface area contributed by atoms with Crippen LogP contribution in [-0.2, 0) is 16.9 Å². The molecule has 32 heavy (non-hydrogen) atoms. The molecule has 1 heterocycles. The number of piperidine rings is 1. The highest BCUT2D eigenvalue weighted by molar-refractivity contribution is 5.87. The van der Waals surface area contributed by atoms with E-state index in [4.69, 9.17) is 0 Å². The summed E-state index contributed by atoms with van der Waals surface area (Å²) >= 11 is 0. The van der Waals surface area contributed by atoms with Crippen LogP contribution in [0.15, 0.2) is 42.5 Å². The molecule has 4 heteroatoms. The maximum absolute atomic E-state index is 13.5. The fraction of sp³-hybridized carbons (Fsp3) is 0.536. The monoisotopic (exact) mass is 432 g/mol. The maximum atomic E-state index is 13.5. The number of hydrogen-bond donors (Lipinski definition) is 2. The van der Waals surface area contributed by atoms with Crippen LogP contribution >= 0.6 is 0 Å². The average Bonchev–Trinajstić information content (AvgIpc) is 3.18. The first-order valence-electron chi connectivity index (χ1n) is 12.3. The number of benzene rings is 2. The molecule has 2 saturated carbocycles. The van der Waals surface area contributed by atoms with E-state index in [9.17, 15) is 9.90 Å². The summed E-state index contributed by atoms with van der Waals surface area (Å²) in [7, 11) is 0. The third-order valence-electron chi connectivity index (χ3n) is 8.30. The molecule has 1 amide bonds. The highest BCUT2D eigenvalue weighted by atomic mass is 16.3. The van der Waals surface area contributed by atoms with Crippen LogP contribution in [0, 0.1) is 38.5 Å². The van der Waals surface area contributed by atoms with E-state index in [0.29, 0.717) is 11.8 Å². The average molecular weight is 433 g/mol. The SMILES string of the molecule is Cc1cc(C)c(CN2CC3C(NC(=O)C(O)(c4ccccc4)C4CCCC4)[C@H]3C2)c(C)c1. The Morgan fingerprint density at radius 1 is 1.03 bits per heavy atom. The summed E-state index contributed by atoms with van der Waals surface area (Å²) in [4.78, 5) is 16.0. The number of carbonyl (C=O) groups excluding carboxylic acids is 1. The molecule has 5 rings (SSSR count). The molecule has 170 valence electrons. The predicted molar refractivity (Wildman–Crippen MR) is 127 cm³/mol. The van der Waals surface area contributed by atoms with Crippen molar-refractivity contribution < 1.29 is 9.90 Å². The Labute approximate surface area is 192 Å². The molecule has 4 nitrogen and oxygen atoms in total. The second-order valence-corrected chi connectivity index (χ2v) is 10.5. The van der Waals surface area contributed by atoms with Gasteiger partial charge in [0.2, 0.25) is 0 Å². The molecule has 2 aromatic carbocycles. The lowest BCUT2D eigenvalue weighted by atomic mass is 9.79. The molecule has 1 aliphatic heterocycles. The van der Waals surface area contributed by atoms with Gasteiger partial charge >= 0.3 is 0 Å². The number of aryl methyl sites for hydroxylation is 3. The quantitative estimate of drug-likeness (QED) is 0.718. The molecular weight excluding hydrogens is 396 g/mol. The van der Waals surface area contributed by atoms with Crippen LogP contribution in [0.4, 0.5) is 0 Å². The minimum atomic E-state index is -1.41. The molecule has 2 aliphatic carbocycles. The molecule has 3 aliphatic rings. The van der Waals surface area contributed by atoms with Gasteiger partial charge in [0.1, 0.15) is 0 Å². The molecule has 1 saturated heterocycles. The van der Waals surface area contributed by atoms with E-state index >= 15 is 0 Å². The molecule has 0 radical (unpaired) electrons. The lowest BCUT2D eigenvalue weighted by Crippen LogP contribution is -2.50. The lowest BCUT2D eigenvalue weighted by Gasteiger charge is -2.33. The standard InChI is InChI=1S/C28H36N2O2/c1-18-13-19(2)23(20(3)14-18)15-30-16-24-25(17-30)26(24)29-27(31)28(32,22-11-7-8-12-22)21-9-5-4-6-10-21/h4-6,9-10,13-14,22,24-26,32H,7-8,11-12,15-17H2,1-3H3,(H,29,31)/t24-,25?,26?,28?/m0/s1. The second-order valence-electron chi connectivity index (χ2n) is 10.5. The van der Waals surface area contributed by atoms with E-state index in [2.05, 4.69) is 43.1 Å². The topological polar surface area (TPSA) is 52.6 Å². The minimum absolute atomic E-state index is 0.00692. The highest BCUT2D eigenvalue weighted by Crippen LogP contribution is 2.47. The Morgan fingerprint density at radius 3 is 2.22 bits per heavy atom. The number of amides is 1. The van der Waals surface area contributed by atoms with Crippen LogP contribution in [0.1, 0.15) is 53.5 Å². The van der Waals surface area contributed by atoms with E-state index in [1.54, 1.807) is 0 Å². The zero-order valence-electron chi connectivity index (χ0n) is 19.6. The molecule has 2 aromatic rings. The minimum Gasteiger partial charge on any atom is -0.375 e. The normalized spacial score (nSPS) is 27.2.